The molecule has 4 heteroatoms. The van der Waals surface area contributed by atoms with Gasteiger partial charge in [-0.3, -0.25) is 0 Å². The molecule has 0 unspecified atom stereocenters. The summed E-state index contributed by atoms with van der Waals surface area (Å²) in [7, 11) is 0. The summed E-state index contributed by atoms with van der Waals surface area (Å²) in [6.45, 7) is 0.443. The molecule has 1 aromatic rings. The first-order valence-corrected chi connectivity index (χ1v) is 6.41. The molecule has 0 spiro atoms. The van der Waals surface area contributed by atoms with Crippen molar-refractivity contribution in [3.63, 3.8) is 0 Å². The lowest BCUT2D eigenvalue weighted by Crippen LogP contribution is -2.37. The SMILES string of the molecule is Fc1ccc(F)c(OCC2(CBr)CCC2)c1. The van der Waals surface area contributed by atoms with Gasteiger partial charge in [0.2, 0.25) is 0 Å². The topological polar surface area (TPSA) is 9.23 Å². The summed E-state index contributed by atoms with van der Waals surface area (Å²) < 4.78 is 31.5. The van der Waals surface area contributed by atoms with Gasteiger partial charge in [-0.05, 0) is 25.0 Å². The summed E-state index contributed by atoms with van der Waals surface area (Å²) in [6, 6.07) is 3.27. The van der Waals surface area contributed by atoms with Crippen molar-refractivity contribution >= 4 is 15.9 Å². The molecule has 0 saturated heterocycles. The fraction of sp³-hybridized carbons (Fsp3) is 0.500. The second kappa shape index (κ2) is 4.70. The van der Waals surface area contributed by atoms with Crippen LogP contribution in [0.1, 0.15) is 19.3 Å². The van der Waals surface area contributed by atoms with Gasteiger partial charge in [0.05, 0.1) is 6.61 Å². The quantitative estimate of drug-likeness (QED) is 0.764. The minimum absolute atomic E-state index is 0.00669. The van der Waals surface area contributed by atoms with Gasteiger partial charge in [-0.15, -0.1) is 0 Å². The fourth-order valence-corrected chi connectivity index (χ4v) is 2.53. The van der Waals surface area contributed by atoms with Crippen LogP contribution in [0.5, 0.6) is 5.75 Å². The van der Waals surface area contributed by atoms with Crippen LogP contribution in [-0.2, 0) is 0 Å². The van der Waals surface area contributed by atoms with Crippen molar-refractivity contribution in [2.75, 3.05) is 11.9 Å². The summed E-state index contributed by atoms with van der Waals surface area (Å²) in [5.74, 6) is -0.976. The van der Waals surface area contributed by atoms with Gasteiger partial charge in [0, 0.05) is 16.8 Å². The molecule has 0 atom stereocenters. The Morgan fingerprint density at radius 2 is 2.06 bits per heavy atom. The Balaban J connectivity index is 2.01. The maximum absolute atomic E-state index is 13.3. The Labute approximate surface area is 102 Å². The Bertz CT molecular complexity index is 372. The maximum Gasteiger partial charge on any atom is 0.165 e. The van der Waals surface area contributed by atoms with Crippen LogP contribution in [0.2, 0.25) is 0 Å². The lowest BCUT2D eigenvalue weighted by Gasteiger charge is -2.39. The van der Waals surface area contributed by atoms with E-state index in [9.17, 15) is 8.78 Å². The molecule has 1 nitrogen and oxygen atoms in total. The molecule has 1 fully saturated rings. The van der Waals surface area contributed by atoms with E-state index in [0.717, 1.165) is 36.4 Å². The Morgan fingerprint density at radius 3 is 2.62 bits per heavy atom. The van der Waals surface area contributed by atoms with Crippen molar-refractivity contribution in [1.29, 1.82) is 0 Å². The van der Waals surface area contributed by atoms with Crippen LogP contribution in [0.15, 0.2) is 18.2 Å². The monoisotopic (exact) mass is 290 g/mol. The summed E-state index contributed by atoms with van der Waals surface area (Å²) in [5.41, 5.74) is 0.110. The van der Waals surface area contributed by atoms with Crippen molar-refractivity contribution in [2.24, 2.45) is 5.41 Å². The first-order chi connectivity index (χ1) is 7.65. The summed E-state index contributed by atoms with van der Waals surface area (Å²) in [6.07, 6.45) is 3.34. The molecule has 0 amide bonds. The van der Waals surface area contributed by atoms with Crippen LogP contribution in [0.4, 0.5) is 8.78 Å². The van der Waals surface area contributed by atoms with Gasteiger partial charge in [0.1, 0.15) is 5.82 Å². The van der Waals surface area contributed by atoms with E-state index in [2.05, 4.69) is 15.9 Å². The number of alkyl halides is 1. The zero-order chi connectivity index (χ0) is 11.6. The Morgan fingerprint density at radius 1 is 1.31 bits per heavy atom. The van der Waals surface area contributed by atoms with Crippen molar-refractivity contribution in [2.45, 2.75) is 19.3 Å². The van der Waals surface area contributed by atoms with Gasteiger partial charge in [0.25, 0.3) is 0 Å². The summed E-state index contributed by atoms with van der Waals surface area (Å²) in [4.78, 5) is 0. The molecule has 2 rings (SSSR count). The molecular formula is C12H13BrF2O. The molecule has 1 aromatic carbocycles. The Hall–Kier alpha value is -0.640. The predicted molar refractivity (Wildman–Crippen MR) is 61.9 cm³/mol. The lowest BCUT2D eigenvalue weighted by molar-refractivity contribution is 0.0811. The lowest BCUT2D eigenvalue weighted by atomic mass is 9.71. The predicted octanol–water partition coefficient (Wildman–Crippen LogP) is 3.91. The van der Waals surface area contributed by atoms with E-state index in [1.54, 1.807) is 0 Å². The molecule has 88 valence electrons. The van der Waals surface area contributed by atoms with Crippen LogP contribution in [0.25, 0.3) is 0 Å². The largest absolute Gasteiger partial charge is 0.490 e. The number of benzene rings is 1. The van der Waals surface area contributed by atoms with E-state index < -0.39 is 11.6 Å². The highest BCUT2D eigenvalue weighted by molar-refractivity contribution is 9.09. The maximum atomic E-state index is 13.3. The number of halogens is 3. The van der Waals surface area contributed by atoms with Crippen molar-refractivity contribution in [1.82, 2.24) is 0 Å². The summed E-state index contributed by atoms with van der Waals surface area (Å²) >= 11 is 3.44. The van der Waals surface area contributed by atoms with Crippen LogP contribution in [-0.4, -0.2) is 11.9 Å². The second-order valence-electron chi connectivity index (χ2n) is 4.35. The third kappa shape index (κ3) is 2.37. The highest BCUT2D eigenvalue weighted by Crippen LogP contribution is 2.42. The second-order valence-corrected chi connectivity index (χ2v) is 4.91. The molecule has 1 aliphatic carbocycles. The van der Waals surface area contributed by atoms with Crippen LogP contribution < -0.4 is 4.74 Å². The van der Waals surface area contributed by atoms with Gasteiger partial charge in [-0.2, -0.15) is 0 Å². The third-order valence-corrected chi connectivity index (χ3v) is 4.31. The molecule has 1 aliphatic rings. The third-order valence-electron chi connectivity index (χ3n) is 3.12. The van der Waals surface area contributed by atoms with E-state index in [1.807, 2.05) is 0 Å². The highest BCUT2D eigenvalue weighted by Gasteiger charge is 2.36. The van der Waals surface area contributed by atoms with E-state index in [0.29, 0.717) is 6.61 Å². The first-order valence-electron chi connectivity index (χ1n) is 5.29. The minimum atomic E-state index is -0.509. The van der Waals surface area contributed by atoms with E-state index in [-0.39, 0.29) is 11.2 Å². The normalized spacial score (nSPS) is 17.9. The van der Waals surface area contributed by atoms with E-state index in [4.69, 9.17) is 4.74 Å². The van der Waals surface area contributed by atoms with Crippen LogP contribution in [0.3, 0.4) is 0 Å². The highest BCUT2D eigenvalue weighted by atomic mass is 79.9. The molecule has 0 aliphatic heterocycles. The molecule has 0 radical (unpaired) electrons. The molecule has 1 saturated carbocycles. The number of rotatable bonds is 4. The molecule has 0 bridgehead atoms. The van der Waals surface area contributed by atoms with Crippen LogP contribution >= 0.6 is 15.9 Å². The molecule has 0 aromatic heterocycles. The average molecular weight is 291 g/mol. The van der Waals surface area contributed by atoms with Gasteiger partial charge >= 0.3 is 0 Å². The molecule has 16 heavy (non-hydrogen) atoms. The van der Waals surface area contributed by atoms with E-state index >= 15 is 0 Å². The first kappa shape index (κ1) is 11.8. The number of ether oxygens (including phenoxy) is 1. The van der Waals surface area contributed by atoms with Gasteiger partial charge in [0.15, 0.2) is 11.6 Å². The fourth-order valence-electron chi connectivity index (χ4n) is 1.81. The zero-order valence-electron chi connectivity index (χ0n) is 8.81. The van der Waals surface area contributed by atoms with E-state index in [1.165, 1.54) is 6.42 Å². The molecule has 0 heterocycles. The summed E-state index contributed by atoms with van der Waals surface area (Å²) in [5, 5.41) is 0.844. The molecular weight excluding hydrogens is 278 g/mol. The van der Waals surface area contributed by atoms with Gasteiger partial charge in [-0.25, -0.2) is 8.78 Å². The van der Waals surface area contributed by atoms with Crippen molar-refractivity contribution < 1.29 is 13.5 Å². The van der Waals surface area contributed by atoms with Gasteiger partial charge < -0.3 is 4.74 Å². The smallest absolute Gasteiger partial charge is 0.165 e. The van der Waals surface area contributed by atoms with Gasteiger partial charge in [-0.1, -0.05) is 22.4 Å². The minimum Gasteiger partial charge on any atom is -0.490 e. The molecule has 0 N–H and O–H groups in total. The average Bonchev–Trinajstić information content (AvgIpc) is 2.22. The zero-order valence-corrected chi connectivity index (χ0v) is 10.4. The Kier molecular flexibility index (Phi) is 3.47. The number of hydrogen-bond donors (Lipinski definition) is 0. The van der Waals surface area contributed by atoms with Crippen molar-refractivity contribution in [3.8, 4) is 5.75 Å². The standard InChI is InChI=1S/C12H13BrF2O/c13-7-12(4-1-5-12)8-16-11-6-9(14)2-3-10(11)15/h2-3,6H,1,4-5,7-8H2. The van der Waals surface area contributed by atoms with Crippen molar-refractivity contribution in [3.05, 3.63) is 29.8 Å². The number of hydrogen-bond acceptors (Lipinski definition) is 1. The van der Waals surface area contributed by atoms with Crippen LogP contribution in [0, 0.1) is 17.0 Å².